The Bertz CT molecular complexity index is 3500. The van der Waals surface area contributed by atoms with Crippen molar-refractivity contribution in [2.24, 2.45) is 28.3 Å². The number of aliphatic hydroxyl groups is 1. The zero-order chi connectivity index (χ0) is 67.5. The van der Waals surface area contributed by atoms with E-state index in [0.29, 0.717) is 35.2 Å². The predicted molar refractivity (Wildman–Crippen MR) is 340 cm³/mol. The number of aromatic hydroxyl groups is 1. The van der Waals surface area contributed by atoms with E-state index in [2.05, 4.69) is 46.9 Å². The molecule has 0 aliphatic carbocycles. The van der Waals surface area contributed by atoms with Crippen LogP contribution >= 0.6 is 0 Å². The maximum absolute atomic E-state index is 14.9. The van der Waals surface area contributed by atoms with Gasteiger partial charge in [0.05, 0.1) is 12.7 Å². The molecule has 10 atom stereocenters. The summed E-state index contributed by atoms with van der Waals surface area (Å²) < 4.78 is 0. The maximum atomic E-state index is 14.9. The van der Waals surface area contributed by atoms with Gasteiger partial charge < -0.3 is 78.6 Å². The number of benzene rings is 4. The molecule has 7 rings (SSSR count). The number of H-pyrrole nitrogens is 1. The molecule has 1 saturated heterocycles. The van der Waals surface area contributed by atoms with Crippen molar-refractivity contribution in [3.05, 3.63) is 162 Å². The van der Waals surface area contributed by atoms with Gasteiger partial charge in [-0.05, 0) is 66.3 Å². The summed E-state index contributed by atoms with van der Waals surface area (Å²) in [4.78, 5) is 155. The van der Waals surface area contributed by atoms with Gasteiger partial charge in [-0.25, -0.2) is 9.78 Å². The van der Waals surface area contributed by atoms with Gasteiger partial charge in [-0.1, -0.05) is 137 Å². The number of ketones is 1. The second kappa shape index (κ2) is 32.5. The largest absolute Gasteiger partial charge is 0.508 e. The monoisotopic (exact) mass is 1280 g/mol. The lowest BCUT2D eigenvalue weighted by molar-refractivity contribution is -0.160. The number of hydrogen-bond acceptors (Lipinski definition) is 15. The van der Waals surface area contributed by atoms with Gasteiger partial charge in [0.25, 0.3) is 0 Å². The first-order chi connectivity index (χ1) is 44.4. The number of carboxylic acid groups (broad SMARTS) is 2. The Hall–Kier alpha value is -10.4. The molecule has 1 unspecified atom stereocenters. The number of phenolic OH excluding ortho intramolecular Hbond substituents is 1. The second-order valence-electron chi connectivity index (χ2n) is 23.5. The van der Waals surface area contributed by atoms with E-state index in [-0.39, 0.29) is 74.5 Å². The van der Waals surface area contributed by atoms with E-state index in [0.717, 1.165) is 4.90 Å². The van der Waals surface area contributed by atoms with Crippen molar-refractivity contribution in [1.29, 1.82) is 0 Å². The summed E-state index contributed by atoms with van der Waals surface area (Å²) in [6, 6.07) is 18.8. The number of Topliss-reactive ketones (excluding diaryl/α,β-unsaturated/α-hetero) is 1. The average Bonchev–Trinajstić information content (AvgIpc) is 1.59. The molecule has 0 saturated carbocycles. The van der Waals surface area contributed by atoms with Crippen molar-refractivity contribution < 1.29 is 68.4 Å². The molecule has 494 valence electrons. The number of aliphatic carboxylic acids is 2. The highest BCUT2D eigenvalue weighted by molar-refractivity contribution is 6.26. The molecular weight excluding hydrogens is 1200 g/mol. The Morgan fingerprint density at radius 2 is 1.28 bits per heavy atom. The third-order valence-corrected chi connectivity index (χ3v) is 16.4. The molecular formula is C66H81N13O14. The van der Waals surface area contributed by atoms with E-state index in [1.54, 1.807) is 107 Å². The lowest BCUT2D eigenvalue weighted by Crippen LogP contribution is -2.62. The van der Waals surface area contributed by atoms with Crippen LogP contribution in [0, 0.1) is 11.8 Å². The first-order valence-electron chi connectivity index (χ1n) is 30.7. The number of guanidine groups is 1. The molecule has 0 bridgehead atoms. The van der Waals surface area contributed by atoms with E-state index in [4.69, 9.17) is 11.5 Å². The molecule has 2 aliphatic rings. The zero-order valence-corrected chi connectivity index (χ0v) is 52.1. The van der Waals surface area contributed by atoms with Crippen LogP contribution < -0.4 is 43.4 Å². The highest BCUT2D eigenvalue weighted by Gasteiger charge is 2.54. The molecule has 7 amide bonds. The summed E-state index contributed by atoms with van der Waals surface area (Å²) in [5.74, 6) is -11.4. The summed E-state index contributed by atoms with van der Waals surface area (Å²) in [5.41, 5.74) is 10.4. The van der Waals surface area contributed by atoms with Crippen molar-refractivity contribution >= 4 is 70.6 Å². The van der Waals surface area contributed by atoms with Gasteiger partial charge in [0.1, 0.15) is 54.1 Å². The first kappa shape index (κ1) is 70.0. The number of phenols is 1. The third kappa shape index (κ3) is 18.4. The highest BCUT2D eigenvalue weighted by atomic mass is 16.4. The van der Waals surface area contributed by atoms with Gasteiger partial charge in [0, 0.05) is 61.6 Å². The number of nitrogens with one attached hydrogen (secondary N) is 7. The maximum Gasteiger partial charge on any atom is 0.326 e. The van der Waals surface area contributed by atoms with E-state index >= 15 is 0 Å². The molecule has 27 nitrogen and oxygen atoms in total. The van der Waals surface area contributed by atoms with Crippen LogP contribution in [0.3, 0.4) is 0 Å². The molecule has 1 aromatic heterocycles. The minimum atomic E-state index is -2.61. The molecule has 3 heterocycles. The normalized spacial score (nSPS) is 17.8. The minimum absolute atomic E-state index is 0.0150. The molecule has 93 heavy (non-hydrogen) atoms. The summed E-state index contributed by atoms with van der Waals surface area (Å²) in [5, 5.41) is 59.3. The Morgan fingerprint density at radius 3 is 1.88 bits per heavy atom. The Balaban J connectivity index is 1.13. The van der Waals surface area contributed by atoms with Crippen LogP contribution in [-0.4, -0.2) is 167 Å². The molecule has 0 radical (unpaired) electrons. The summed E-state index contributed by atoms with van der Waals surface area (Å²) in [6.45, 7) is 6.71. The first-order valence-corrected chi connectivity index (χ1v) is 30.7. The van der Waals surface area contributed by atoms with Crippen LogP contribution in [0.5, 0.6) is 5.75 Å². The average molecular weight is 1280 g/mol. The number of carbonyl (C=O) groups is 10. The van der Waals surface area contributed by atoms with Gasteiger partial charge in [-0.15, -0.1) is 0 Å². The van der Waals surface area contributed by atoms with E-state index in [9.17, 15) is 68.4 Å². The lowest BCUT2D eigenvalue weighted by Gasteiger charge is -2.38. The highest BCUT2D eigenvalue weighted by Crippen LogP contribution is 2.41. The smallest absolute Gasteiger partial charge is 0.326 e. The topological polar surface area (TPSA) is 423 Å². The zero-order valence-electron chi connectivity index (χ0n) is 52.1. The van der Waals surface area contributed by atoms with Gasteiger partial charge in [-0.2, -0.15) is 0 Å². The van der Waals surface area contributed by atoms with Gasteiger partial charge in [0.15, 0.2) is 5.96 Å². The molecule has 5 aromatic rings. The number of aliphatic imine (C=N–C) groups is 1. The number of nitrogens with zero attached hydrogens (tertiary/aromatic N) is 4. The second-order valence-corrected chi connectivity index (χ2v) is 23.5. The number of imidazole rings is 1. The van der Waals surface area contributed by atoms with Crippen LogP contribution in [0.15, 0.2) is 139 Å². The number of amides is 7. The van der Waals surface area contributed by atoms with Crippen molar-refractivity contribution in [3.63, 3.8) is 0 Å². The molecule has 15 N–H and O–H groups in total. The van der Waals surface area contributed by atoms with Crippen molar-refractivity contribution in [1.82, 2.24) is 51.7 Å². The Labute approximate surface area is 537 Å². The van der Waals surface area contributed by atoms with E-state index < -0.39 is 131 Å². The van der Waals surface area contributed by atoms with E-state index in [1.165, 1.54) is 60.0 Å². The molecule has 0 spiro atoms. The standard InChI is InChI=1S/C66H81N13O14/c1-5-39(4)55(62(89)74-49(33-44-35-69-37-71-44)63(90)78-30-16-24-51(78)59(86)75-50(64(91)92)32-40-17-9-6-10-18-40)77-58(85)48(31-41-25-27-45(80)28-26-41)73-61(88)54(38(2)3)76-57(84)47(23-15-29-70-65(67)68)72-60(87)52(34-53(81)82)79-36-46(42-19-11-7-12-20-42)56(83)66(79,93)43-21-13-8-14-22-43/h6-14,17-22,25-28,35-39,47-52,54-55,80,93H,5,15-16,23-24,29-34H2,1-4H3,(H,69,71)(H,72,87)(H,73,88)(H,74,89)(H,75,86)(H,76,84)(H,77,85)(H,81,82)(H,91,92)(H4,67,68,70)/t39-,47-,48-,49-,50-,51-,52-,54-,55-,66?/m0/s1. The molecule has 4 aromatic carbocycles. The number of hydrogen-bond donors (Lipinski definition) is 13. The summed E-state index contributed by atoms with van der Waals surface area (Å²) in [7, 11) is 0. The Morgan fingerprint density at radius 1 is 0.699 bits per heavy atom. The van der Waals surface area contributed by atoms with Crippen LogP contribution in [0.2, 0.25) is 0 Å². The molecule has 27 heteroatoms. The number of rotatable bonds is 32. The van der Waals surface area contributed by atoms with Gasteiger partial charge in [0.2, 0.25) is 52.9 Å². The Kier molecular flexibility index (Phi) is 24.5. The minimum Gasteiger partial charge on any atom is -0.508 e. The number of carboxylic acids is 2. The number of nitrogens with two attached hydrogens (primary N) is 2. The summed E-state index contributed by atoms with van der Waals surface area (Å²) >= 11 is 0. The van der Waals surface area contributed by atoms with Gasteiger partial charge >= 0.3 is 11.9 Å². The fourth-order valence-electron chi connectivity index (χ4n) is 11.2. The SMILES string of the molecule is CC[C@H](C)[C@H](NC(=O)[C@H](Cc1ccc(O)cc1)NC(=O)[C@@H](NC(=O)[C@H](CCCN=C(N)N)NC(=O)[C@H](CC(=O)O)N1C=C(c2ccccc2)C(=O)C1(O)c1ccccc1)C(C)C)C(=O)N[C@@H](Cc1cnc[nH]1)C(=O)N1CCC[C@H]1C(=O)N[C@@H](Cc1ccccc1)C(=O)O. The van der Waals surface area contributed by atoms with Crippen LogP contribution in [0.4, 0.5) is 0 Å². The lowest BCUT2D eigenvalue weighted by atomic mass is 9.92. The van der Waals surface area contributed by atoms with E-state index in [1.807, 2.05) is 0 Å². The number of aromatic nitrogens is 2. The van der Waals surface area contributed by atoms with Crippen LogP contribution in [0.25, 0.3) is 5.57 Å². The van der Waals surface area contributed by atoms with Crippen molar-refractivity contribution in [3.8, 4) is 5.75 Å². The van der Waals surface area contributed by atoms with Crippen molar-refractivity contribution in [2.75, 3.05) is 13.1 Å². The van der Waals surface area contributed by atoms with Gasteiger partial charge in [-0.3, -0.25) is 48.1 Å². The molecule has 2 aliphatic heterocycles. The fourth-order valence-corrected chi connectivity index (χ4v) is 11.2. The third-order valence-electron chi connectivity index (χ3n) is 16.4. The molecule has 1 fully saturated rings. The number of aromatic amines is 1. The quantitative estimate of drug-likeness (QED) is 0.0165. The van der Waals surface area contributed by atoms with Crippen LogP contribution in [-0.2, 0) is 72.9 Å². The van der Waals surface area contributed by atoms with Crippen LogP contribution in [0.1, 0.15) is 94.2 Å². The van der Waals surface area contributed by atoms with Crippen molar-refractivity contribution in [2.45, 2.75) is 140 Å². The number of likely N-dealkylation sites (tertiary alicyclic amines) is 1. The predicted octanol–water partition coefficient (Wildman–Crippen LogP) is 1.50. The summed E-state index contributed by atoms with van der Waals surface area (Å²) in [6.07, 6.45) is 3.40. The number of carbonyl (C=O) groups excluding carboxylic acids is 8. The fraction of sp³-hybridized carbons (Fsp3) is 0.394.